The van der Waals surface area contributed by atoms with Crippen molar-refractivity contribution in [3.8, 4) is 28.5 Å². The van der Waals surface area contributed by atoms with Crippen LogP contribution in [0.5, 0.6) is 5.75 Å². The second-order valence-electron chi connectivity index (χ2n) is 7.65. The van der Waals surface area contributed by atoms with Gasteiger partial charge in [0, 0.05) is 36.5 Å². The van der Waals surface area contributed by atoms with Gasteiger partial charge < -0.3 is 19.0 Å². The lowest BCUT2D eigenvalue weighted by atomic mass is 10.1. The average molecular weight is 425 g/mol. The molecule has 0 fully saturated rings. The molecule has 0 radical (unpaired) electrons. The molecule has 0 saturated heterocycles. The summed E-state index contributed by atoms with van der Waals surface area (Å²) < 4.78 is 13.1. The first-order valence-corrected chi connectivity index (χ1v) is 10.3. The number of hydrogen-bond donors (Lipinski definition) is 1. The van der Waals surface area contributed by atoms with Gasteiger partial charge in [0.25, 0.3) is 0 Å². The fraction of sp³-hybridized carbons (Fsp3) is 0.160. The Morgan fingerprint density at radius 3 is 2.50 bits per heavy atom. The van der Waals surface area contributed by atoms with E-state index in [9.17, 15) is 0 Å². The lowest BCUT2D eigenvalue weighted by Crippen LogP contribution is -1.97. The van der Waals surface area contributed by atoms with Gasteiger partial charge in [-0.25, -0.2) is 15.0 Å². The van der Waals surface area contributed by atoms with Crippen molar-refractivity contribution in [1.29, 1.82) is 0 Å². The number of anilines is 2. The van der Waals surface area contributed by atoms with E-state index in [1.807, 2.05) is 75.5 Å². The minimum Gasteiger partial charge on any atom is -0.497 e. The molecule has 32 heavy (non-hydrogen) atoms. The first kappa shape index (κ1) is 19.8. The number of fused-ring (bicyclic) bond motifs is 1. The third kappa shape index (κ3) is 3.58. The summed E-state index contributed by atoms with van der Waals surface area (Å²) in [5.41, 5.74) is 5.60. The van der Waals surface area contributed by atoms with Crippen LogP contribution in [0.25, 0.3) is 33.7 Å². The lowest BCUT2D eigenvalue weighted by Gasteiger charge is -2.08. The van der Waals surface area contributed by atoms with Gasteiger partial charge in [-0.2, -0.15) is 0 Å². The van der Waals surface area contributed by atoms with Gasteiger partial charge in [0.2, 0.25) is 0 Å². The quantitative estimate of drug-likeness (QED) is 0.391. The molecule has 1 N–H and O–H groups in total. The number of aryl methyl sites for hydroxylation is 3. The molecular weight excluding hydrogens is 402 g/mol. The number of pyridine rings is 1. The second-order valence-corrected chi connectivity index (χ2v) is 7.65. The molecule has 7 nitrogen and oxygen atoms in total. The van der Waals surface area contributed by atoms with Gasteiger partial charge in [0.1, 0.15) is 17.1 Å². The minimum absolute atomic E-state index is 0.649. The Labute approximate surface area is 185 Å². The summed E-state index contributed by atoms with van der Waals surface area (Å²) in [6.07, 6.45) is 1.73. The van der Waals surface area contributed by atoms with Gasteiger partial charge in [0.15, 0.2) is 17.5 Å². The van der Waals surface area contributed by atoms with E-state index < -0.39 is 0 Å². The second kappa shape index (κ2) is 7.85. The van der Waals surface area contributed by atoms with Crippen LogP contribution in [0.1, 0.15) is 11.6 Å². The van der Waals surface area contributed by atoms with Crippen LogP contribution in [-0.4, -0.2) is 26.6 Å². The largest absolute Gasteiger partial charge is 0.497 e. The third-order valence-corrected chi connectivity index (χ3v) is 5.38. The standard InChI is InChI=1S/C25H23N5O2/c1-15-12-21-23(29-25(30(21)3)18-6-5-7-20(13-18)31-4)24(27-15)28-19-10-8-17(9-11-19)22-14-26-16(2)32-22/h5-14H,1-4H3,(H,27,28). The van der Waals surface area contributed by atoms with Crippen molar-refractivity contribution >= 4 is 22.5 Å². The summed E-state index contributed by atoms with van der Waals surface area (Å²) in [5.74, 6) is 3.76. The van der Waals surface area contributed by atoms with E-state index in [2.05, 4.69) is 14.9 Å². The van der Waals surface area contributed by atoms with E-state index in [1.54, 1.807) is 13.3 Å². The van der Waals surface area contributed by atoms with Crippen molar-refractivity contribution in [2.24, 2.45) is 7.05 Å². The van der Waals surface area contributed by atoms with Crippen LogP contribution in [0, 0.1) is 13.8 Å². The van der Waals surface area contributed by atoms with Crippen LogP contribution in [0.15, 0.2) is 65.2 Å². The SMILES string of the molecule is COc1cccc(-c2nc3c(Nc4ccc(-c5cnc(C)o5)cc4)nc(C)cc3n2C)c1. The molecule has 2 aromatic carbocycles. The maximum atomic E-state index is 5.61. The number of nitrogens with zero attached hydrogens (tertiary/aromatic N) is 4. The molecule has 0 aliphatic rings. The third-order valence-electron chi connectivity index (χ3n) is 5.38. The Morgan fingerprint density at radius 2 is 1.78 bits per heavy atom. The number of oxazole rings is 1. The first-order chi connectivity index (χ1) is 15.5. The Hall–Kier alpha value is -4.13. The Bertz CT molecular complexity index is 1420. The number of methoxy groups -OCH3 is 1. The Morgan fingerprint density at radius 1 is 0.969 bits per heavy atom. The Kier molecular flexibility index (Phi) is 4.86. The predicted molar refractivity (Wildman–Crippen MR) is 125 cm³/mol. The molecule has 0 aliphatic heterocycles. The molecule has 0 spiro atoms. The molecule has 5 aromatic rings. The molecule has 160 valence electrons. The van der Waals surface area contributed by atoms with Crippen LogP contribution in [-0.2, 0) is 7.05 Å². The van der Waals surface area contributed by atoms with Crippen molar-refractivity contribution in [3.05, 3.63) is 72.4 Å². The number of imidazole rings is 1. The van der Waals surface area contributed by atoms with Crippen molar-refractivity contribution in [1.82, 2.24) is 19.5 Å². The summed E-state index contributed by atoms with van der Waals surface area (Å²) in [6, 6.07) is 17.9. The van der Waals surface area contributed by atoms with E-state index in [1.165, 1.54) is 0 Å². The van der Waals surface area contributed by atoms with Crippen molar-refractivity contribution < 1.29 is 9.15 Å². The summed E-state index contributed by atoms with van der Waals surface area (Å²) >= 11 is 0. The highest BCUT2D eigenvalue weighted by atomic mass is 16.5. The van der Waals surface area contributed by atoms with E-state index in [0.29, 0.717) is 11.7 Å². The molecular formula is C25H23N5O2. The van der Waals surface area contributed by atoms with Gasteiger partial charge in [-0.1, -0.05) is 12.1 Å². The maximum absolute atomic E-state index is 5.61. The number of nitrogens with one attached hydrogen (secondary N) is 1. The molecule has 0 bridgehead atoms. The predicted octanol–water partition coefficient (Wildman–Crippen LogP) is 5.66. The van der Waals surface area contributed by atoms with Gasteiger partial charge in [-0.15, -0.1) is 0 Å². The van der Waals surface area contributed by atoms with Gasteiger partial charge in [0.05, 0.1) is 18.8 Å². The van der Waals surface area contributed by atoms with E-state index >= 15 is 0 Å². The van der Waals surface area contributed by atoms with E-state index in [4.69, 9.17) is 19.1 Å². The lowest BCUT2D eigenvalue weighted by molar-refractivity contribution is 0.415. The van der Waals surface area contributed by atoms with Crippen LogP contribution in [0.3, 0.4) is 0 Å². The molecule has 0 aliphatic carbocycles. The van der Waals surface area contributed by atoms with Crippen LogP contribution < -0.4 is 10.1 Å². The van der Waals surface area contributed by atoms with Gasteiger partial charge in [-0.3, -0.25) is 0 Å². The molecule has 3 aromatic heterocycles. The topological polar surface area (TPSA) is 78.0 Å². The van der Waals surface area contributed by atoms with E-state index in [-0.39, 0.29) is 0 Å². The zero-order valence-corrected chi connectivity index (χ0v) is 18.4. The molecule has 7 heteroatoms. The molecule has 0 atom stereocenters. The molecule has 5 rings (SSSR count). The summed E-state index contributed by atoms with van der Waals surface area (Å²) in [6.45, 7) is 3.82. The zero-order chi connectivity index (χ0) is 22.2. The fourth-order valence-corrected chi connectivity index (χ4v) is 3.77. The van der Waals surface area contributed by atoms with Gasteiger partial charge >= 0.3 is 0 Å². The average Bonchev–Trinajstić information content (AvgIpc) is 3.38. The zero-order valence-electron chi connectivity index (χ0n) is 18.4. The molecule has 0 amide bonds. The number of hydrogen-bond acceptors (Lipinski definition) is 6. The highest BCUT2D eigenvalue weighted by molar-refractivity contribution is 5.91. The number of rotatable bonds is 5. The summed E-state index contributed by atoms with van der Waals surface area (Å²) in [5, 5.41) is 3.43. The number of aromatic nitrogens is 4. The minimum atomic E-state index is 0.649. The van der Waals surface area contributed by atoms with Crippen LogP contribution >= 0.6 is 0 Å². The maximum Gasteiger partial charge on any atom is 0.191 e. The fourth-order valence-electron chi connectivity index (χ4n) is 3.77. The monoisotopic (exact) mass is 425 g/mol. The highest BCUT2D eigenvalue weighted by Gasteiger charge is 2.16. The number of benzene rings is 2. The van der Waals surface area contributed by atoms with Crippen LogP contribution in [0.2, 0.25) is 0 Å². The van der Waals surface area contributed by atoms with E-state index in [0.717, 1.165) is 50.9 Å². The van der Waals surface area contributed by atoms with Crippen molar-refractivity contribution in [3.63, 3.8) is 0 Å². The Balaban J connectivity index is 1.52. The van der Waals surface area contributed by atoms with Gasteiger partial charge in [-0.05, 0) is 49.4 Å². The summed E-state index contributed by atoms with van der Waals surface area (Å²) in [4.78, 5) is 13.8. The normalized spacial score (nSPS) is 11.1. The number of ether oxygens (including phenoxy) is 1. The first-order valence-electron chi connectivity index (χ1n) is 10.3. The smallest absolute Gasteiger partial charge is 0.191 e. The van der Waals surface area contributed by atoms with Crippen LogP contribution in [0.4, 0.5) is 11.5 Å². The van der Waals surface area contributed by atoms with Crippen molar-refractivity contribution in [2.45, 2.75) is 13.8 Å². The molecule has 0 saturated carbocycles. The highest BCUT2D eigenvalue weighted by Crippen LogP contribution is 2.31. The van der Waals surface area contributed by atoms with Crippen molar-refractivity contribution in [2.75, 3.05) is 12.4 Å². The molecule has 0 unspecified atom stereocenters. The summed E-state index contributed by atoms with van der Waals surface area (Å²) in [7, 11) is 3.68. The molecule has 3 heterocycles.